The number of carboxylic acids is 1. The van der Waals surface area contributed by atoms with E-state index in [4.69, 9.17) is 14.2 Å². The topological polar surface area (TPSA) is 136 Å². The van der Waals surface area contributed by atoms with Crippen LogP contribution in [0.2, 0.25) is 0 Å². The molecule has 0 amide bonds. The van der Waals surface area contributed by atoms with Crippen molar-refractivity contribution in [1.82, 2.24) is 15.0 Å². The minimum Gasteiger partial charge on any atom is -0.490 e. The normalized spacial score (nSPS) is 13.9. The Hall–Kier alpha value is -5.40. The molecule has 0 saturated carbocycles. The number of carboxylic acid groups (broad SMARTS) is 1. The number of nitrogens with zero attached hydrogens (tertiary/aromatic N) is 4. The van der Waals surface area contributed by atoms with Crippen molar-refractivity contribution in [1.29, 1.82) is 0 Å². The lowest BCUT2D eigenvalue weighted by atomic mass is 9.89. The number of Topliss-reactive ketones (excluding diaryl/α,β-unsaturated/α-hetero) is 1. The van der Waals surface area contributed by atoms with E-state index in [0.717, 1.165) is 12.1 Å². The second kappa shape index (κ2) is 14.6. The summed E-state index contributed by atoms with van der Waals surface area (Å²) in [6, 6.07) is 20.0. The summed E-state index contributed by atoms with van der Waals surface area (Å²) < 4.78 is 56.2. The highest BCUT2D eigenvalue weighted by atomic mass is 19.4. The highest BCUT2D eigenvalue weighted by Gasteiger charge is 2.31. The van der Waals surface area contributed by atoms with E-state index in [-0.39, 0.29) is 36.9 Å². The predicted octanol–water partition coefficient (Wildman–Crippen LogP) is 6.43. The third-order valence-corrected chi connectivity index (χ3v) is 7.57. The number of alkyl halides is 3. The average Bonchev–Trinajstić information content (AvgIpc) is 3.07. The van der Waals surface area contributed by atoms with Crippen molar-refractivity contribution in [3.05, 3.63) is 90.0 Å². The number of piperidine rings is 1. The van der Waals surface area contributed by atoms with Crippen LogP contribution in [0.4, 0.5) is 30.8 Å². The number of carbonyl (C=O) groups is 2. The fourth-order valence-electron chi connectivity index (χ4n) is 4.89. The van der Waals surface area contributed by atoms with Crippen LogP contribution in [0, 0.1) is 5.92 Å². The zero-order chi connectivity index (χ0) is 34.3. The van der Waals surface area contributed by atoms with E-state index in [1.807, 2.05) is 23.1 Å². The number of aliphatic carboxylic acids is 1. The Labute approximate surface area is 274 Å². The zero-order valence-electron chi connectivity index (χ0n) is 26.2. The van der Waals surface area contributed by atoms with Crippen LogP contribution in [-0.4, -0.2) is 63.7 Å². The number of benzene rings is 3. The number of halogens is 3. The van der Waals surface area contributed by atoms with Crippen molar-refractivity contribution in [3.8, 4) is 17.5 Å². The molecule has 0 aliphatic carbocycles. The van der Waals surface area contributed by atoms with Gasteiger partial charge in [-0.2, -0.15) is 28.1 Å². The highest BCUT2D eigenvalue weighted by Crippen LogP contribution is 2.31. The van der Waals surface area contributed by atoms with Gasteiger partial charge >= 0.3 is 18.2 Å². The molecule has 0 spiro atoms. The van der Waals surface area contributed by atoms with E-state index in [0.29, 0.717) is 54.6 Å². The first kappa shape index (κ1) is 33.9. The van der Waals surface area contributed by atoms with Crippen molar-refractivity contribution < 1.29 is 42.1 Å². The van der Waals surface area contributed by atoms with Crippen LogP contribution in [-0.2, 0) is 11.0 Å². The molecule has 1 saturated heterocycles. The molecule has 2 heterocycles. The van der Waals surface area contributed by atoms with Gasteiger partial charge in [-0.15, -0.1) is 0 Å². The number of rotatable bonds is 13. The van der Waals surface area contributed by atoms with Gasteiger partial charge in [0.2, 0.25) is 11.9 Å². The summed E-state index contributed by atoms with van der Waals surface area (Å²) in [5.41, 5.74) is -1.17. The summed E-state index contributed by atoms with van der Waals surface area (Å²) in [5, 5.41) is 12.2. The molecule has 1 aromatic heterocycles. The Morgan fingerprint density at radius 2 is 1.48 bits per heavy atom. The highest BCUT2D eigenvalue weighted by molar-refractivity contribution is 5.97. The van der Waals surface area contributed by atoms with Gasteiger partial charge in [0.1, 0.15) is 24.7 Å². The van der Waals surface area contributed by atoms with E-state index in [9.17, 15) is 27.9 Å². The quantitative estimate of drug-likeness (QED) is 0.121. The number of ketones is 1. The molecule has 48 heavy (non-hydrogen) atoms. The number of nitrogens with one attached hydrogen (secondary N) is 1. The largest absolute Gasteiger partial charge is 0.490 e. The first-order valence-corrected chi connectivity index (χ1v) is 15.2. The number of ether oxygens (including phenoxy) is 3. The van der Waals surface area contributed by atoms with Gasteiger partial charge < -0.3 is 29.5 Å². The van der Waals surface area contributed by atoms with Crippen molar-refractivity contribution >= 4 is 29.3 Å². The minimum absolute atomic E-state index is 0.0276. The molecule has 0 radical (unpaired) electrons. The Balaban J connectivity index is 1.24. The van der Waals surface area contributed by atoms with Crippen LogP contribution in [0.3, 0.4) is 0 Å². The van der Waals surface area contributed by atoms with E-state index in [1.165, 1.54) is 26.0 Å². The standard InChI is InChI=1S/C34H34F3N5O6/c1-33(2,29(44)45)48-27-14-12-26(13-15-27)46-20-21-47-32-40-30(38-25-10-8-24(9-11-25)34(35,36)37)39-31(41-32)42-18-16-23(17-19-42)28(43)22-6-4-3-5-7-22/h3-15,23H,16-21H2,1-2H3,(H,44,45)(H,38,39,40,41). The molecule has 3 aromatic carbocycles. The van der Waals surface area contributed by atoms with Crippen LogP contribution in [0.1, 0.15) is 42.6 Å². The monoisotopic (exact) mass is 665 g/mol. The lowest BCUT2D eigenvalue weighted by Gasteiger charge is -2.31. The molecule has 14 heteroatoms. The molecule has 0 bridgehead atoms. The molecule has 1 aliphatic rings. The van der Waals surface area contributed by atoms with Gasteiger partial charge in [0.05, 0.1) is 5.56 Å². The zero-order valence-corrected chi connectivity index (χ0v) is 26.2. The Bertz CT molecular complexity index is 1700. The van der Waals surface area contributed by atoms with Crippen LogP contribution in [0.25, 0.3) is 0 Å². The fraction of sp³-hybridized carbons (Fsp3) is 0.324. The summed E-state index contributed by atoms with van der Waals surface area (Å²) in [5.74, 6) is 0.0668. The van der Waals surface area contributed by atoms with Crippen molar-refractivity contribution in [2.24, 2.45) is 5.92 Å². The first-order chi connectivity index (χ1) is 22.9. The second-order valence-corrected chi connectivity index (χ2v) is 11.5. The number of carbonyl (C=O) groups excluding carboxylic acids is 1. The van der Waals surface area contributed by atoms with E-state index in [2.05, 4.69) is 20.3 Å². The fourth-order valence-corrected chi connectivity index (χ4v) is 4.89. The maximum absolute atomic E-state index is 13.1. The van der Waals surface area contributed by atoms with Crippen molar-refractivity contribution in [2.45, 2.75) is 38.5 Å². The molecule has 2 N–H and O–H groups in total. The van der Waals surface area contributed by atoms with Gasteiger partial charge in [0.25, 0.3) is 0 Å². The molecular formula is C34H34F3N5O6. The summed E-state index contributed by atoms with van der Waals surface area (Å²) >= 11 is 0. The van der Waals surface area contributed by atoms with Crippen LogP contribution < -0.4 is 24.4 Å². The van der Waals surface area contributed by atoms with Gasteiger partial charge in [0, 0.05) is 30.3 Å². The third kappa shape index (κ3) is 8.90. The lowest BCUT2D eigenvalue weighted by molar-refractivity contribution is -0.152. The minimum atomic E-state index is -4.47. The van der Waals surface area contributed by atoms with Gasteiger partial charge in [-0.1, -0.05) is 30.3 Å². The molecule has 4 aromatic rings. The van der Waals surface area contributed by atoms with Crippen LogP contribution in [0.15, 0.2) is 78.9 Å². The maximum atomic E-state index is 13.1. The molecule has 5 rings (SSSR count). The smallest absolute Gasteiger partial charge is 0.416 e. The molecule has 1 aliphatic heterocycles. The SMILES string of the molecule is CC(C)(Oc1ccc(OCCOc2nc(Nc3ccc(C(F)(F)F)cc3)nc(N3CCC(C(=O)c4ccccc4)CC3)n2)cc1)C(=O)O. The maximum Gasteiger partial charge on any atom is 0.416 e. The van der Waals surface area contributed by atoms with Gasteiger partial charge in [-0.25, -0.2) is 4.79 Å². The summed E-state index contributed by atoms with van der Waals surface area (Å²) in [4.78, 5) is 39.5. The van der Waals surface area contributed by atoms with E-state index in [1.54, 1.807) is 36.4 Å². The van der Waals surface area contributed by atoms with Crippen molar-refractivity contribution in [2.75, 3.05) is 36.5 Å². The number of anilines is 3. The Morgan fingerprint density at radius 3 is 2.10 bits per heavy atom. The van der Waals surface area contributed by atoms with Crippen molar-refractivity contribution in [3.63, 3.8) is 0 Å². The molecule has 0 atom stereocenters. The Kier molecular flexibility index (Phi) is 10.3. The Morgan fingerprint density at radius 1 is 0.854 bits per heavy atom. The third-order valence-electron chi connectivity index (χ3n) is 7.57. The molecule has 0 unspecified atom stereocenters. The number of aromatic nitrogens is 3. The summed E-state index contributed by atoms with van der Waals surface area (Å²) in [6.07, 6.45) is -3.30. The first-order valence-electron chi connectivity index (χ1n) is 15.2. The van der Waals surface area contributed by atoms with Crippen LogP contribution >= 0.6 is 0 Å². The molecular weight excluding hydrogens is 631 g/mol. The average molecular weight is 666 g/mol. The van der Waals surface area contributed by atoms with Gasteiger partial charge in [0.15, 0.2) is 11.4 Å². The summed E-state index contributed by atoms with van der Waals surface area (Å²) in [7, 11) is 0. The van der Waals surface area contributed by atoms with Crippen LogP contribution in [0.5, 0.6) is 17.5 Å². The number of hydrogen-bond donors (Lipinski definition) is 2. The molecule has 11 nitrogen and oxygen atoms in total. The number of hydrogen-bond acceptors (Lipinski definition) is 10. The second-order valence-electron chi connectivity index (χ2n) is 11.5. The van der Waals surface area contributed by atoms with Gasteiger partial charge in [-0.3, -0.25) is 4.79 Å². The summed E-state index contributed by atoms with van der Waals surface area (Å²) in [6.45, 7) is 4.04. The van der Waals surface area contributed by atoms with Gasteiger partial charge in [-0.05, 0) is 75.2 Å². The predicted molar refractivity (Wildman–Crippen MR) is 170 cm³/mol. The molecule has 252 valence electrons. The molecule has 1 fully saturated rings. The van der Waals surface area contributed by atoms with E-state index >= 15 is 0 Å². The lowest BCUT2D eigenvalue weighted by Crippen LogP contribution is -2.37. The van der Waals surface area contributed by atoms with E-state index < -0.39 is 23.3 Å².